The van der Waals surface area contributed by atoms with Crippen LogP contribution in [-0.2, 0) is 4.74 Å². The van der Waals surface area contributed by atoms with Crippen LogP contribution >= 0.6 is 0 Å². The summed E-state index contributed by atoms with van der Waals surface area (Å²) in [7, 11) is 5.29. The zero-order chi connectivity index (χ0) is 15.6. The van der Waals surface area contributed by atoms with Gasteiger partial charge in [0.15, 0.2) is 0 Å². The van der Waals surface area contributed by atoms with Gasteiger partial charge in [0.2, 0.25) is 0 Å². The summed E-state index contributed by atoms with van der Waals surface area (Å²) < 4.78 is 4.72. The molecule has 3 N–H and O–H groups in total. The number of aromatic nitrogens is 1. The van der Waals surface area contributed by atoms with Crippen molar-refractivity contribution in [2.24, 2.45) is 0 Å². The van der Waals surface area contributed by atoms with Crippen LogP contribution < -0.4 is 10.6 Å². The van der Waals surface area contributed by atoms with Crippen molar-refractivity contribution in [1.29, 1.82) is 0 Å². The van der Waals surface area contributed by atoms with Crippen LogP contribution in [-0.4, -0.2) is 67.4 Å². The number of methoxy groups -OCH3 is 1. The molecule has 2 heterocycles. The van der Waals surface area contributed by atoms with Crippen molar-refractivity contribution in [3.8, 4) is 0 Å². The summed E-state index contributed by atoms with van der Waals surface area (Å²) in [5, 5.41) is 9.92. The smallest absolute Gasteiger partial charge is 0.340 e. The third kappa shape index (κ3) is 3.43. The average Bonchev–Trinajstić information content (AvgIpc) is 2.78. The van der Waals surface area contributed by atoms with Crippen molar-refractivity contribution in [2.45, 2.75) is 18.6 Å². The molecule has 0 bridgehead atoms. The molecule has 0 aliphatic carbocycles. The van der Waals surface area contributed by atoms with Crippen LogP contribution in [0.15, 0.2) is 12.3 Å². The van der Waals surface area contributed by atoms with Gasteiger partial charge in [-0.3, -0.25) is 0 Å². The van der Waals surface area contributed by atoms with E-state index in [2.05, 4.69) is 9.88 Å². The lowest BCUT2D eigenvalue weighted by Crippen LogP contribution is -2.38. The van der Waals surface area contributed by atoms with Crippen molar-refractivity contribution < 1.29 is 14.6 Å². The van der Waals surface area contributed by atoms with Gasteiger partial charge < -0.3 is 25.4 Å². The Bertz CT molecular complexity index is 521. The summed E-state index contributed by atoms with van der Waals surface area (Å²) in [5.74, 6) is 0.146. The topological polar surface area (TPSA) is 91.9 Å². The maximum atomic E-state index is 11.7. The van der Waals surface area contributed by atoms with E-state index in [0.29, 0.717) is 24.3 Å². The van der Waals surface area contributed by atoms with Gasteiger partial charge in [-0.15, -0.1) is 0 Å². The Labute approximate surface area is 124 Å². The van der Waals surface area contributed by atoms with Gasteiger partial charge >= 0.3 is 5.97 Å². The number of esters is 1. The fourth-order valence-electron chi connectivity index (χ4n) is 2.67. The third-order valence-electron chi connectivity index (χ3n) is 3.59. The van der Waals surface area contributed by atoms with Crippen LogP contribution in [0.4, 0.5) is 11.5 Å². The first-order valence-corrected chi connectivity index (χ1v) is 6.85. The molecule has 0 radical (unpaired) electrons. The molecule has 2 atom stereocenters. The number of nitrogens with two attached hydrogens (primary N) is 1. The quantitative estimate of drug-likeness (QED) is 0.752. The predicted molar refractivity (Wildman–Crippen MR) is 80.3 cm³/mol. The molecular formula is C14H22N4O3. The summed E-state index contributed by atoms with van der Waals surface area (Å²) >= 11 is 0. The second kappa shape index (κ2) is 6.28. The first-order chi connectivity index (χ1) is 9.92. The highest BCUT2D eigenvalue weighted by Crippen LogP contribution is 2.27. The van der Waals surface area contributed by atoms with E-state index in [1.165, 1.54) is 13.3 Å². The number of aliphatic hydroxyl groups is 1. The summed E-state index contributed by atoms with van der Waals surface area (Å²) in [5.41, 5.74) is 6.35. The largest absolute Gasteiger partial charge is 0.465 e. The Morgan fingerprint density at radius 3 is 2.95 bits per heavy atom. The zero-order valence-electron chi connectivity index (χ0n) is 12.6. The predicted octanol–water partition coefficient (Wildman–Crippen LogP) is -0.0484. The number of aliphatic hydroxyl groups excluding tert-OH is 1. The SMILES string of the molecule is COC(=O)c1cc(N2CC(O)CC2CN(C)C)ncc1N. The summed E-state index contributed by atoms with van der Waals surface area (Å²) in [6.45, 7) is 1.30. The maximum absolute atomic E-state index is 11.7. The molecule has 0 saturated carbocycles. The standard InChI is InChI=1S/C14H22N4O3/c1-17(2)7-9-4-10(19)8-18(9)13-5-11(14(20)21-3)12(15)6-16-13/h5-6,9-10,19H,4,7-8,15H2,1-3H3. The number of rotatable bonds is 4. The second-order valence-corrected chi connectivity index (χ2v) is 5.58. The van der Waals surface area contributed by atoms with Gasteiger partial charge in [0, 0.05) is 19.1 Å². The molecule has 0 aromatic carbocycles. The van der Waals surface area contributed by atoms with E-state index in [-0.39, 0.29) is 11.7 Å². The lowest BCUT2D eigenvalue weighted by Gasteiger charge is -2.28. The van der Waals surface area contributed by atoms with Crippen LogP contribution in [0.2, 0.25) is 0 Å². The van der Waals surface area contributed by atoms with Crippen molar-refractivity contribution in [1.82, 2.24) is 9.88 Å². The zero-order valence-corrected chi connectivity index (χ0v) is 12.6. The Kier molecular flexibility index (Phi) is 4.64. The van der Waals surface area contributed by atoms with Crippen LogP contribution in [0.5, 0.6) is 0 Å². The van der Waals surface area contributed by atoms with E-state index < -0.39 is 12.1 Å². The fraction of sp³-hybridized carbons (Fsp3) is 0.571. The Hall–Kier alpha value is -1.86. The summed E-state index contributed by atoms with van der Waals surface area (Å²) in [6, 6.07) is 1.78. The molecule has 1 saturated heterocycles. The van der Waals surface area contributed by atoms with Gasteiger partial charge in [0.1, 0.15) is 5.82 Å². The molecular weight excluding hydrogens is 272 g/mol. The molecule has 116 valence electrons. The van der Waals surface area contributed by atoms with Gasteiger partial charge in [0.25, 0.3) is 0 Å². The molecule has 1 aromatic heterocycles. The molecule has 0 spiro atoms. The number of pyridine rings is 1. The molecule has 7 nitrogen and oxygen atoms in total. The molecule has 2 unspecified atom stereocenters. The van der Waals surface area contributed by atoms with E-state index in [1.54, 1.807) is 6.07 Å². The molecule has 1 fully saturated rings. The molecule has 1 aromatic rings. The van der Waals surface area contributed by atoms with E-state index in [1.807, 2.05) is 19.0 Å². The number of nitrogens with zero attached hydrogens (tertiary/aromatic N) is 3. The Balaban J connectivity index is 2.29. The number of carbonyl (C=O) groups is 1. The first kappa shape index (κ1) is 15.5. The second-order valence-electron chi connectivity index (χ2n) is 5.58. The van der Waals surface area contributed by atoms with Crippen LogP contribution in [0.3, 0.4) is 0 Å². The Morgan fingerprint density at radius 2 is 2.33 bits per heavy atom. The highest BCUT2D eigenvalue weighted by Gasteiger charge is 2.32. The van der Waals surface area contributed by atoms with E-state index in [9.17, 15) is 9.90 Å². The van der Waals surface area contributed by atoms with E-state index in [0.717, 1.165) is 6.54 Å². The number of nitrogen functional groups attached to an aromatic ring is 1. The minimum atomic E-state index is -0.486. The lowest BCUT2D eigenvalue weighted by molar-refractivity contribution is 0.0602. The van der Waals surface area contributed by atoms with Crippen LogP contribution in [0, 0.1) is 0 Å². The monoisotopic (exact) mass is 294 g/mol. The van der Waals surface area contributed by atoms with Gasteiger partial charge in [-0.2, -0.15) is 0 Å². The van der Waals surface area contributed by atoms with Crippen molar-refractivity contribution in [3.63, 3.8) is 0 Å². The third-order valence-corrected chi connectivity index (χ3v) is 3.59. The van der Waals surface area contributed by atoms with Crippen LogP contribution in [0.1, 0.15) is 16.8 Å². The van der Waals surface area contributed by atoms with Gasteiger partial charge in [0.05, 0.1) is 30.7 Å². The molecule has 21 heavy (non-hydrogen) atoms. The molecule has 1 aliphatic heterocycles. The number of hydrogen-bond acceptors (Lipinski definition) is 7. The van der Waals surface area contributed by atoms with E-state index in [4.69, 9.17) is 10.5 Å². The minimum absolute atomic E-state index is 0.150. The first-order valence-electron chi connectivity index (χ1n) is 6.85. The number of β-amino-alcohol motifs (C(OH)–C–C–N with tert-alkyl or cyclic N) is 1. The lowest BCUT2D eigenvalue weighted by atomic mass is 10.2. The maximum Gasteiger partial charge on any atom is 0.340 e. The number of carbonyl (C=O) groups excluding carboxylic acids is 1. The van der Waals surface area contributed by atoms with Gasteiger partial charge in [-0.25, -0.2) is 9.78 Å². The minimum Gasteiger partial charge on any atom is -0.465 e. The average molecular weight is 294 g/mol. The number of likely N-dealkylation sites (N-methyl/N-ethyl adjacent to an activating group) is 1. The molecule has 1 aliphatic rings. The van der Waals surface area contributed by atoms with Crippen molar-refractivity contribution >= 4 is 17.5 Å². The van der Waals surface area contributed by atoms with Crippen molar-refractivity contribution in [3.05, 3.63) is 17.8 Å². The van der Waals surface area contributed by atoms with Crippen LogP contribution in [0.25, 0.3) is 0 Å². The van der Waals surface area contributed by atoms with Gasteiger partial charge in [-0.1, -0.05) is 0 Å². The number of hydrogen-bond donors (Lipinski definition) is 2. The van der Waals surface area contributed by atoms with E-state index >= 15 is 0 Å². The fourth-order valence-corrected chi connectivity index (χ4v) is 2.67. The normalized spacial score (nSPS) is 21.9. The number of ether oxygens (including phenoxy) is 1. The molecule has 0 amide bonds. The highest BCUT2D eigenvalue weighted by atomic mass is 16.5. The Morgan fingerprint density at radius 1 is 1.62 bits per heavy atom. The molecule has 7 heteroatoms. The summed E-state index contributed by atoms with van der Waals surface area (Å²) in [4.78, 5) is 20.1. The number of anilines is 2. The summed E-state index contributed by atoms with van der Waals surface area (Å²) in [6.07, 6.45) is 1.74. The van der Waals surface area contributed by atoms with Gasteiger partial charge in [-0.05, 0) is 26.6 Å². The molecule has 2 rings (SSSR count). The highest BCUT2D eigenvalue weighted by molar-refractivity contribution is 5.95. The van der Waals surface area contributed by atoms with Crippen molar-refractivity contribution in [2.75, 3.05) is 44.9 Å².